The van der Waals surface area contributed by atoms with Crippen LogP contribution in [0.5, 0.6) is 0 Å². The first-order chi connectivity index (χ1) is 5.11. The number of carbonyl (C=O) groups is 2. The van der Waals surface area contributed by atoms with Crippen LogP contribution in [0.4, 0.5) is 0 Å². The molecule has 0 radical (unpaired) electrons. The van der Waals surface area contributed by atoms with E-state index < -0.39 is 0 Å². The van der Waals surface area contributed by atoms with Crippen LogP contribution in [-0.4, -0.2) is 11.6 Å². The smallest absolute Gasteiger partial charge is 0.158 e. The van der Waals surface area contributed by atoms with Gasteiger partial charge in [0.05, 0.1) is 0 Å². The van der Waals surface area contributed by atoms with E-state index in [9.17, 15) is 9.59 Å². The molecule has 2 nitrogen and oxygen atoms in total. The van der Waals surface area contributed by atoms with Gasteiger partial charge in [-0.2, -0.15) is 0 Å². The van der Waals surface area contributed by atoms with Crippen LogP contribution in [-0.2, 0) is 9.59 Å². The number of allylic oxidation sites excluding steroid dienone is 2. The molecule has 0 aromatic carbocycles. The van der Waals surface area contributed by atoms with Gasteiger partial charge in [0.1, 0.15) is 0 Å². The molecule has 0 unspecified atom stereocenters. The fourth-order valence-corrected chi connectivity index (χ4v) is 0.703. The van der Waals surface area contributed by atoms with E-state index in [0.717, 1.165) is 0 Å². The van der Waals surface area contributed by atoms with E-state index in [1.54, 1.807) is 20.8 Å². The first-order valence-corrected chi connectivity index (χ1v) is 3.86. The van der Waals surface area contributed by atoms with Gasteiger partial charge >= 0.3 is 0 Å². The largest absolute Gasteiger partial charge is 0.295 e. The highest BCUT2D eigenvalue weighted by molar-refractivity contribution is 6.02. The monoisotopic (exact) mass is 154 g/mol. The minimum Gasteiger partial charge on any atom is -0.295 e. The van der Waals surface area contributed by atoms with Gasteiger partial charge in [0.2, 0.25) is 0 Å². The van der Waals surface area contributed by atoms with E-state index >= 15 is 0 Å². The first kappa shape index (κ1) is 10.1. The molecule has 0 saturated heterocycles. The Morgan fingerprint density at radius 3 is 2.09 bits per heavy atom. The van der Waals surface area contributed by atoms with E-state index in [1.807, 2.05) is 0 Å². The highest BCUT2D eigenvalue weighted by Gasteiger charge is 2.02. The molecule has 0 aliphatic rings. The summed E-state index contributed by atoms with van der Waals surface area (Å²) in [6.07, 6.45) is 2.36. The summed E-state index contributed by atoms with van der Waals surface area (Å²) in [6, 6.07) is 0. The molecule has 62 valence electrons. The molecule has 0 bridgehead atoms. The number of carbonyl (C=O) groups excluding carboxylic acids is 2. The molecule has 0 rings (SSSR count). The van der Waals surface area contributed by atoms with Gasteiger partial charge in [-0.1, -0.05) is 13.8 Å². The van der Waals surface area contributed by atoms with Crippen LogP contribution in [0.25, 0.3) is 0 Å². The Morgan fingerprint density at radius 1 is 1.18 bits per heavy atom. The second-order valence-corrected chi connectivity index (χ2v) is 2.42. The van der Waals surface area contributed by atoms with Crippen molar-refractivity contribution in [3.05, 3.63) is 11.6 Å². The fourth-order valence-electron chi connectivity index (χ4n) is 0.703. The van der Waals surface area contributed by atoms with Gasteiger partial charge < -0.3 is 0 Å². The maximum atomic E-state index is 10.9. The summed E-state index contributed by atoms with van der Waals surface area (Å²) in [5.41, 5.74) is 0.569. The fraction of sp³-hybridized carbons (Fsp3) is 0.556. The number of rotatable bonds is 4. The summed E-state index contributed by atoms with van der Waals surface area (Å²) < 4.78 is 0. The highest BCUT2D eigenvalue weighted by Crippen LogP contribution is 1.99. The zero-order chi connectivity index (χ0) is 8.85. The molecule has 0 heterocycles. The SMILES string of the molecule is CCC(=O)C=C(C)C(=O)CC. The van der Waals surface area contributed by atoms with Crippen LogP contribution in [0, 0.1) is 0 Å². The molecule has 2 heteroatoms. The number of Topliss-reactive ketones (excluding diaryl/α,β-unsaturated/α-hetero) is 1. The van der Waals surface area contributed by atoms with Crippen LogP contribution in [0.15, 0.2) is 11.6 Å². The maximum absolute atomic E-state index is 10.9. The standard InChI is InChI=1S/C9H14O2/c1-4-8(10)6-7(3)9(11)5-2/h6H,4-5H2,1-3H3. The van der Waals surface area contributed by atoms with Crippen molar-refractivity contribution in [2.24, 2.45) is 0 Å². The molecule has 0 saturated carbocycles. The number of ketones is 2. The molecule has 0 aliphatic heterocycles. The van der Waals surface area contributed by atoms with E-state index in [1.165, 1.54) is 6.08 Å². The maximum Gasteiger partial charge on any atom is 0.158 e. The average Bonchev–Trinajstić information content (AvgIpc) is 2.02. The summed E-state index contributed by atoms with van der Waals surface area (Å²) in [4.78, 5) is 21.8. The van der Waals surface area contributed by atoms with Crippen molar-refractivity contribution in [2.45, 2.75) is 33.6 Å². The molecule has 0 aliphatic carbocycles. The molecule has 0 spiro atoms. The lowest BCUT2D eigenvalue weighted by molar-refractivity contribution is -0.117. The lowest BCUT2D eigenvalue weighted by Crippen LogP contribution is -2.00. The average molecular weight is 154 g/mol. The number of hydrogen-bond donors (Lipinski definition) is 0. The Balaban J connectivity index is 4.21. The van der Waals surface area contributed by atoms with Gasteiger partial charge in [0.25, 0.3) is 0 Å². The van der Waals surface area contributed by atoms with Crippen molar-refractivity contribution >= 4 is 11.6 Å². The summed E-state index contributed by atoms with van der Waals surface area (Å²) in [6.45, 7) is 5.25. The third kappa shape index (κ3) is 3.71. The minimum atomic E-state index is 0.0179. The van der Waals surface area contributed by atoms with E-state index in [-0.39, 0.29) is 11.6 Å². The van der Waals surface area contributed by atoms with Gasteiger partial charge in [-0.3, -0.25) is 9.59 Å². The van der Waals surface area contributed by atoms with Crippen molar-refractivity contribution in [3.63, 3.8) is 0 Å². The summed E-state index contributed by atoms with van der Waals surface area (Å²) in [7, 11) is 0. The molecular formula is C9H14O2. The van der Waals surface area contributed by atoms with Gasteiger partial charge in [-0.15, -0.1) is 0 Å². The quantitative estimate of drug-likeness (QED) is 0.579. The van der Waals surface area contributed by atoms with Crippen LogP contribution < -0.4 is 0 Å². The summed E-state index contributed by atoms with van der Waals surface area (Å²) in [5, 5.41) is 0. The zero-order valence-electron chi connectivity index (χ0n) is 7.31. The van der Waals surface area contributed by atoms with Crippen molar-refractivity contribution in [1.29, 1.82) is 0 Å². The van der Waals surface area contributed by atoms with Crippen LogP contribution in [0.2, 0.25) is 0 Å². The Morgan fingerprint density at radius 2 is 1.73 bits per heavy atom. The summed E-state index contributed by atoms with van der Waals surface area (Å²) >= 11 is 0. The van der Waals surface area contributed by atoms with Crippen molar-refractivity contribution in [1.82, 2.24) is 0 Å². The molecular weight excluding hydrogens is 140 g/mol. The van der Waals surface area contributed by atoms with Crippen molar-refractivity contribution < 1.29 is 9.59 Å². The third-order valence-electron chi connectivity index (χ3n) is 1.49. The lowest BCUT2D eigenvalue weighted by atomic mass is 10.1. The van der Waals surface area contributed by atoms with Gasteiger partial charge in [0, 0.05) is 12.8 Å². The summed E-state index contributed by atoms with van der Waals surface area (Å²) in [5.74, 6) is 0.0658. The number of hydrogen-bond acceptors (Lipinski definition) is 2. The Kier molecular flexibility index (Phi) is 4.42. The minimum absolute atomic E-state index is 0.0179. The van der Waals surface area contributed by atoms with Crippen LogP contribution in [0.3, 0.4) is 0 Å². The molecule has 0 N–H and O–H groups in total. The van der Waals surface area contributed by atoms with Gasteiger partial charge in [0.15, 0.2) is 11.6 Å². The molecule has 0 aromatic rings. The van der Waals surface area contributed by atoms with Crippen molar-refractivity contribution in [2.75, 3.05) is 0 Å². The Hall–Kier alpha value is -0.920. The highest BCUT2D eigenvalue weighted by atomic mass is 16.1. The third-order valence-corrected chi connectivity index (χ3v) is 1.49. The Labute approximate surface area is 67.3 Å². The second kappa shape index (κ2) is 4.83. The second-order valence-electron chi connectivity index (χ2n) is 2.42. The molecule has 0 fully saturated rings. The van der Waals surface area contributed by atoms with E-state index in [2.05, 4.69) is 0 Å². The molecule has 0 atom stereocenters. The zero-order valence-corrected chi connectivity index (χ0v) is 7.31. The predicted molar refractivity (Wildman–Crippen MR) is 44.4 cm³/mol. The molecule has 11 heavy (non-hydrogen) atoms. The Bertz CT molecular complexity index is 190. The predicted octanol–water partition coefficient (Wildman–Crippen LogP) is 1.89. The van der Waals surface area contributed by atoms with Gasteiger partial charge in [-0.25, -0.2) is 0 Å². The lowest BCUT2D eigenvalue weighted by Gasteiger charge is -1.94. The topological polar surface area (TPSA) is 34.1 Å². The van der Waals surface area contributed by atoms with Crippen LogP contribution in [0.1, 0.15) is 33.6 Å². The molecule has 0 aromatic heterocycles. The first-order valence-electron chi connectivity index (χ1n) is 3.86. The van der Waals surface area contributed by atoms with Crippen LogP contribution >= 0.6 is 0 Å². The van der Waals surface area contributed by atoms with Gasteiger partial charge in [-0.05, 0) is 18.6 Å². The van der Waals surface area contributed by atoms with E-state index in [0.29, 0.717) is 18.4 Å². The normalized spacial score (nSPS) is 11.4. The molecule has 0 amide bonds. The van der Waals surface area contributed by atoms with E-state index in [4.69, 9.17) is 0 Å². The van der Waals surface area contributed by atoms with Crippen molar-refractivity contribution in [3.8, 4) is 0 Å².